The monoisotopic (exact) mass is 484 g/mol. The Morgan fingerprint density at radius 2 is 1.85 bits per heavy atom. The minimum Gasteiger partial charge on any atom is -0.356 e. The van der Waals surface area contributed by atoms with Crippen molar-refractivity contribution in [2.75, 3.05) is 20.1 Å². The number of nitrogens with zero attached hydrogens (tertiary/aromatic N) is 2. The number of guanidine groups is 1. The molecule has 2 N–H and O–H groups in total. The molecule has 1 heterocycles. The first-order valence-corrected chi connectivity index (χ1v) is 10.1. The fourth-order valence-corrected chi connectivity index (χ4v) is 4.35. The molecule has 0 aliphatic heterocycles. The number of hydrogen-bond acceptors (Lipinski definition) is 3. The zero-order chi connectivity index (χ0) is 17.3. The molecule has 0 spiro atoms. The van der Waals surface area contributed by atoms with Crippen LogP contribution in [0.2, 0.25) is 0 Å². The van der Waals surface area contributed by atoms with Gasteiger partial charge in [0.1, 0.15) is 0 Å². The van der Waals surface area contributed by atoms with Crippen LogP contribution in [0.5, 0.6) is 0 Å². The van der Waals surface area contributed by atoms with Crippen LogP contribution in [-0.4, -0.2) is 31.1 Å². The first-order chi connectivity index (χ1) is 12.3. The van der Waals surface area contributed by atoms with Crippen LogP contribution >= 0.6 is 35.3 Å². The first kappa shape index (κ1) is 21.2. The molecule has 1 aromatic carbocycles. The van der Waals surface area contributed by atoms with Crippen molar-refractivity contribution in [2.45, 2.75) is 44.9 Å². The highest BCUT2D eigenvalue weighted by Gasteiger charge is 2.14. The average molecular weight is 484 g/mol. The summed E-state index contributed by atoms with van der Waals surface area (Å²) >= 11 is 1.93. The minimum atomic E-state index is 0. The molecule has 0 saturated heterocycles. The molecular formula is C20H29IN4S. The minimum absolute atomic E-state index is 0. The van der Waals surface area contributed by atoms with E-state index in [4.69, 9.17) is 4.98 Å². The lowest BCUT2D eigenvalue weighted by molar-refractivity contribution is 0.678. The molecule has 4 nitrogen and oxygen atoms in total. The van der Waals surface area contributed by atoms with Crippen molar-refractivity contribution in [3.05, 3.63) is 51.5 Å². The quantitative estimate of drug-likeness (QED) is 0.271. The lowest BCUT2D eigenvalue weighted by Crippen LogP contribution is -2.38. The topological polar surface area (TPSA) is 49.3 Å². The lowest BCUT2D eigenvalue weighted by atomic mass is 10.0. The van der Waals surface area contributed by atoms with Gasteiger partial charge in [0.2, 0.25) is 0 Å². The molecule has 0 radical (unpaired) electrons. The highest BCUT2D eigenvalue weighted by atomic mass is 127. The molecular weight excluding hydrogens is 455 g/mol. The Labute approximate surface area is 177 Å². The van der Waals surface area contributed by atoms with E-state index in [-0.39, 0.29) is 24.0 Å². The summed E-state index contributed by atoms with van der Waals surface area (Å²) in [5.74, 6) is 0.884. The van der Waals surface area contributed by atoms with E-state index in [0.29, 0.717) is 0 Å². The summed E-state index contributed by atoms with van der Waals surface area (Å²) in [5.41, 5.74) is 2.72. The van der Waals surface area contributed by atoms with Crippen molar-refractivity contribution in [3.63, 3.8) is 0 Å². The Morgan fingerprint density at radius 1 is 1.08 bits per heavy atom. The number of halogens is 1. The molecule has 0 fully saturated rings. The molecule has 1 aliphatic carbocycles. The number of benzene rings is 1. The van der Waals surface area contributed by atoms with Gasteiger partial charge in [0, 0.05) is 31.4 Å². The number of aryl methyl sites for hydroxylation is 3. The number of fused-ring (bicyclic) bond motifs is 1. The van der Waals surface area contributed by atoms with Crippen LogP contribution in [0.3, 0.4) is 0 Å². The Hall–Kier alpha value is -1.15. The second-order valence-corrected chi connectivity index (χ2v) is 7.62. The molecule has 1 aromatic heterocycles. The predicted octanol–water partition coefficient (Wildman–Crippen LogP) is 3.98. The maximum Gasteiger partial charge on any atom is 0.190 e. The molecule has 3 rings (SSSR count). The third kappa shape index (κ3) is 6.54. The number of nitrogens with one attached hydrogen (secondary N) is 2. The number of aromatic nitrogens is 1. The van der Waals surface area contributed by atoms with E-state index in [1.54, 1.807) is 0 Å². The van der Waals surface area contributed by atoms with Crippen LogP contribution in [0.25, 0.3) is 0 Å². The van der Waals surface area contributed by atoms with E-state index in [0.717, 1.165) is 38.3 Å². The molecule has 142 valence electrons. The van der Waals surface area contributed by atoms with Gasteiger partial charge in [-0.15, -0.1) is 35.3 Å². The average Bonchev–Trinajstić information content (AvgIpc) is 3.07. The number of aliphatic imine (C=N–C) groups is 1. The highest BCUT2D eigenvalue weighted by molar-refractivity contribution is 14.0. The van der Waals surface area contributed by atoms with Crippen molar-refractivity contribution < 1.29 is 0 Å². The van der Waals surface area contributed by atoms with Gasteiger partial charge in [-0.05, 0) is 44.1 Å². The van der Waals surface area contributed by atoms with Gasteiger partial charge < -0.3 is 10.6 Å². The molecule has 26 heavy (non-hydrogen) atoms. The number of thiazole rings is 1. The Kier molecular flexibility index (Phi) is 9.39. The lowest BCUT2D eigenvalue weighted by Gasteiger charge is -2.11. The van der Waals surface area contributed by atoms with Gasteiger partial charge in [-0.2, -0.15) is 0 Å². The van der Waals surface area contributed by atoms with Crippen LogP contribution in [0.1, 0.15) is 40.4 Å². The first-order valence-electron chi connectivity index (χ1n) is 9.31. The van der Waals surface area contributed by atoms with Crippen molar-refractivity contribution >= 4 is 41.3 Å². The summed E-state index contributed by atoms with van der Waals surface area (Å²) < 4.78 is 0. The molecule has 0 atom stereocenters. The summed E-state index contributed by atoms with van der Waals surface area (Å²) in [7, 11) is 1.83. The normalized spacial score (nSPS) is 13.7. The van der Waals surface area contributed by atoms with E-state index in [1.165, 1.54) is 46.8 Å². The second kappa shape index (κ2) is 11.5. The SMILES string of the molecule is CN=C(NCCCc1nc2c(s1)CCCC2)NCCc1ccccc1.I. The van der Waals surface area contributed by atoms with Gasteiger partial charge in [-0.25, -0.2) is 4.98 Å². The fourth-order valence-electron chi connectivity index (χ4n) is 3.15. The van der Waals surface area contributed by atoms with Gasteiger partial charge in [0.25, 0.3) is 0 Å². The standard InChI is InChI=1S/C20H28N4S.HI/c1-21-20(23-15-13-16-8-3-2-4-9-16)22-14-7-12-19-24-17-10-5-6-11-18(17)25-19;/h2-4,8-9H,5-7,10-15H2,1H3,(H2,21,22,23);1H. The predicted molar refractivity (Wildman–Crippen MR) is 122 cm³/mol. The Bertz CT molecular complexity index is 661. The number of rotatable bonds is 7. The second-order valence-electron chi connectivity index (χ2n) is 6.45. The maximum absolute atomic E-state index is 4.82. The van der Waals surface area contributed by atoms with E-state index in [1.807, 2.05) is 18.4 Å². The van der Waals surface area contributed by atoms with Crippen molar-refractivity contribution in [1.29, 1.82) is 0 Å². The van der Waals surface area contributed by atoms with Crippen LogP contribution in [0.4, 0.5) is 0 Å². The molecule has 0 amide bonds. The van der Waals surface area contributed by atoms with E-state index >= 15 is 0 Å². The van der Waals surface area contributed by atoms with Gasteiger partial charge in [-0.1, -0.05) is 30.3 Å². The Morgan fingerprint density at radius 3 is 2.62 bits per heavy atom. The summed E-state index contributed by atoms with van der Waals surface area (Å²) in [4.78, 5) is 10.6. The molecule has 0 saturated carbocycles. The summed E-state index contributed by atoms with van der Waals surface area (Å²) in [5, 5.41) is 8.09. The zero-order valence-electron chi connectivity index (χ0n) is 15.5. The third-order valence-electron chi connectivity index (χ3n) is 4.52. The van der Waals surface area contributed by atoms with Crippen LogP contribution in [-0.2, 0) is 25.7 Å². The highest BCUT2D eigenvalue weighted by Crippen LogP contribution is 2.27. The number of hydrogen-bond donors (Lipinski definition) is 2. The maximum atomic E-state index is 4.82. The van der Waals surface area contributed by atoms with Crippen molar-refractivity contribution in [3.8, 4) is 0 Å². The van der Waals surface area contributed by atoms with Gasteiger partial charge in [0.15, 0.2) is 5.96 Å². The van der Waals surface area contributed by atoms with E-state index < -0.39 is 0 Å². The molecule has 1 aliphatic rings. The largest absolute Gasteiger partial charge is 0.356 e. The van der Waals surface area contributed by atoms with Gasteiger partial charge in [-0.3, -0.25) is 4.99 Å². The van der Waals surface area contributed by atoms with Crippen molar-refractivity contribution in [1.82, 2.24) is 15.6 Å². The Balaban J connectivity index is 0.00000243. The zero-order valence-corrected chi connectivity index (χ0v) is 18.6. The van der Waals surface area contributed by atoms with Gasteiger partial charge in [0.05, 0.1) is 10.7 Å². The van der Waals surface area contributed by atoms with Gasteiger partial charge >= 0.3 is 0 Å². The summed E-state index contributed by atoms with van der Waals surface area (Å²) in [6.07, 6.45) is 8.22. The smallest absolute Gasteiger partial charge is 0.190 e. The van der Waals surface area contributed by atoms with Crippen LogP contribution in [0.15, 0.2) is 35.3 Å². The molecule has 0 unspecified atom stereocenters. The summed E-state index contributed by atoms with van der Waals surface area (Å²) in [6, 6.07) is 10.5. The van der Waals surface area contributed by atoms with Crippen molar-refractivity contribution in [2.24, 2.45) is 4.99 Å². The fraction of sp³-hybridized carbons (Fsp3) is 0.500. The van der Waals surface area contributed by atoms with E-state index in [9.17, 15) is 0 Å². The van der Waals surface area contributed by atoms with E-state index in [2.05, 4.69) is 46.0 Å². The molecule has 2 aromatic rings. The summed E-state index contributed by atoms with van der Waals surface area (Å²) in [6.45, 7) is 1.82. The third-order valence-corrected chi connectivity index (χ3v) is 5.74. The molecule has 6 heteroatoms. The van der Waals surface area contributed by atoms with Crippen LogP contribution in [0, 0.1) is 0 Å². The molecule has 0 bridgehead atoms. The van der Waals surface area contributed by atoms with Crippen LogP contribution < -0.4 is 10.6 Å².